The van der Waals surface area contributed by atoms with Crippen molar-refractivity contribution in [3.05, 3.63) is 60.7 Å². The average molecular weight is 236 g/mol. The zero-order valence-electron chi connectivity index (χ0n) is 9.50. The van der Waals surface area contributed by atoms with Crippen LogP contribution in [0.25, 0.3) is 11.5 Å². The first-order valence-electron chi connectivity index (χ1n) is 5.54. The predicted molar refractivity (Wildman–Crippen MR) is 68.3 cm³/mol. The number of hydrogen-bond acceptors (Lipinski definition) is 4. The van der Waals surface area contributed by atoms with Gasteiger partial charge in [-0.05, 0) is 24.3 Å². The summed E-state index contributed by atoms with van der Waals surface area (Å²) in [4.78, 5) is 0. The quantitative estimate of drug-likeness (QED) is 0.758. The first-order chi connectivity index (χ1) is 8.92. The molecule has 1 radical (unpaired) electrons. The van der Waals surface area contributed by atoms with E-state index in [1.807, 2.05) is 54.6 Å². The predicted octanol–water partition coefficient (Wildman–Crippen LogP) is 3.28. The van der Waals surface area contributed by atoms with Crippen LogP contribution in [0.1, 0.15) is 0 Å². The zero-order valence-corrected chi connectivity index (χ0v) is 9.50. The molecule has 1 N–H and O–H groups in total. The smallest absolute Gasteiger partial charge is 0.320 e. The van der Waals surface area contributed by atoms with Crippen LogP contribution in [-0.2, 0) is 0 Å². The topological polar surface area (TPSA) is 51.0 Å². The van der Waals surface area contributed by atoms with Gasteiger partial charge >= 0.3 is 6.01 Å². The second-order valence-electron chi connectivity index (χ2n) is 3.68. The molecule has 0 atom stereocenters. The summed E-state index contributed by atoms with van der Waals surface area (Å²) in [5.74, 6) is 0.453. The molecule has 4 nitrogen and oxygen atoms in total. The van der Waals surface area contributed by atoms with Crippen LogP contribution in [0.4, 0.5) is 11.7 Å². The minimum absolute atomic E-state index is 0.369. The van der Waals surface area contributed by atoms with Gasteiger partial charge in [0.1, 0.15) is 0 Å². The third-order valence-corrected chi connectivity index (χ3v) is 2.39. The minimum atomic E-state index is 0.369. The lowest BCUT2D eigenvalue weighted by Crippen LogP contribution is -1.88. The van der Waals surface area contributed by atoms with Gasteiger partial charge in [0.05, 0.1) is 0 Å². The fourth-order valence-electron chi connectivity index (χ4n) is 1.55. The Kier molecular flexibility index (Phi) is 2.75. The molecule has 0 aliphatic rings. The molecule has 0 amide bonds. The van der Waals surface area contributed by atoms with Gasteiger partial charge in [0.25, 0.3) is 0 Å². The second kappa shape index (κ2) is 4.71. The van der Waals surface area contributed by atoms with Gasteiger partial charge in [0.2, 0.25) is 5.89 Å². The van der Waals surface area contributed by atoms with Crippen LogP contribution in [0.15, 0.2) is 59.0 Å². The van der Waals surface area contributed by atoms with Crippen molar-refractivity contribution in [2.24, 2.45) is 0 Å². The lowest BCUT2D eigenvalue weighted by molar-refractivity contribution is 0.587. The van der Waals surface area contributed by atoms with E-state index in [4.69, 9.17) is 4.42 Å². The van der Waals surface area contributed by atoms with Crippen LogP contribution in [0.2, 0.25) is 0 Å². The van der Waals surface area contributed by atoms with Crippen molar-refractivity contribution < 1.29 is 4.42 Å². The molecule has 0 aliphatic heterocycles. The highest BCUT2D eigenvalue weighted by atomic mass is 16.4. The van der Waals surface area contributed by atoms with Crippen LogP contribution in [0, 0.1) is 6.07 Å². The molecule has 1 heterocycles. The molecule has 0 unspecified atom stereocenters. The van der Waals surface area contributed by atoms with Gasteiger partial charge < -0.3 is 9.73 Å². The number of para-hydroxylation sites is 1. The van der Waals surface area contributed by atoms with E-state index in [9.17, 15) is 0 Å². The maximum absolute atomic E-state index is 5.51. The Hall–Kier alpha value is -2.62. The van der Waals surface area contributed by atoms with Crippen molar-refractivity contribution in [1.82, 2.24) is 10.2 Å². The Bertz CT molecular complexity index is 620. The molecule has 0 aliphatic carbocycles. The Morgan fingerprint density at radius 3 is 2.56 bits per heavy atom. The summed E-state index contributed by atoms with van der Waals surface area (Å²) < 4.78 is 5.51. The first-order valence-corrected chi connectivity index (χ1v) is 5.54. The van der Waals surface area contributed by atoms with Gasteiger partial charge in [-0.15, -0.1) is 5.10 Å². The molecule has 0 bridgehead atoms. The Morgan fingerprint density at radius 2 is 1.78 bits per heavy atom. The molecule has 87 valence electrons. The molecule has 0 saturated carbocycles. The highest BCUT2D eigenvalue weighted by Crippen LogP contribution is 2.21. The van der Waals surface area contributed by atoms with Crippen LogP contribution in [-0.4, -0.2) is 10.2 Å². The molecule has 0 fully saturated rings. The first kappa shape index (κ1) is 10.5. The van der Waals surface area contributed by atoms with Gasteiger partial charge in [-0.3, -0.25) is 0 Å². The van der Waals surface area contributed by atoms with Crippen LogP contribution >= 0.6 is 0 Å². The average Bonchev–Trinajstić information content (AvgIpc) is 2.89. The lowest BCUT2D eigenvalue weighted by Gasteiger charge is -1.98. The van der Waals surface area contributed by atoms with E-state index >= 15 is 0 Å². The summed E-state index contributed by atoms with van der Waals surface area (Å²) in [6.07, 6.45) is 0. The van der Waals surface area contributed by atoms with E-state index in [2.05, 4.69) is 21.6 Å². The molecule has 3 rings (SSSR count). The van der Waals surface area contributed by atoms with Crippen molar-refractivity contribution in [2.75, 3.05) is 5.32 Å². The number of benzene rings is 2. The number of anilines is 2. The van der Waals surface area contributed by atoms with Gasteiger partial charge in [-0.2, -0.15) is 0 Å². The Balaban J connectivity index is 1.82. The molecule has 4 heteroatoms. The van der Waals surface area contributed by atoms with E-state index in [1.54, 1.807) is 0 Å². The molecule has 1 aromatic heterocycles. The Morgan fingerprint density at radius 1 is 0.944 bits per heavy atom. The van der Waals surface area contributed by atoms with E-state index < -0.39 is 0 Å². The van der Waals surface area contributed by atoms with Crippen molar-refractivity contribution >= 4 is 11.7 Å². The lowest BCUT2D eigenvalue weighted by atomic mass is 10.2. The summed E-state index contributed by atoms with van der Waals surface area (Å²) >= 11 is 0. The van der Waals surface area contributed by atoms with E-state index in [-0.39, 0.29) is 0 Å². The van der Waals surface area contributed by atoms with Gasteiger partial charge in [0, 0.05) is 11.3 Å². The minimum Gasteiger partial charge on any atom is -0.403 e. The number of rotatable bonds is 3. The third kappa shape index (κ3) is 2.22. The van der Waals surface area contributed by atoms with Crippen LogP contribution in [0.5, 0.6) is 0 Å². The molecule has 2 aromatic carbocycles. The summed E-state index contributed by atoms with van der Waals surface area (Å²) in [7, 11) is 0. The fraction of sp³-hybridized carbons (Fsp3) is 0. The number of aromatic nitrogens is 2. The normalized spacial score (nSPS) is 10.2. The number of nitrogens with one attached hydrogen (secondary N) is 1. The van der Waals surface area contributed by atoms with Gasteiger partial charge in [0.15, 0.2) is 0 Å². The van der Waals surface area contributed by atoms with Crippen molar-refractivity contribution in [2.45, 2.75) is 0 Å². The SMILES string of the molecule is [c]1ccccc1-c1nnc(Nc2ccccc2)o1. The van der Waals surface area contributed by atoms with Crippen molar-refractivity contribution in [1.29, 1.82) is 0 Å². The van der Waals surface area contributed by atoms with Crippen molar-refractivity contribution in [3.63, 3.8) is 0 Å². The van der Waals surface area contributed by atoms with E-state index in [1.165, 1.54) is 0 Å². The monoisotopic (exact) mass is 236 g/mol. The van der Waals surface area contributed by atoms with E-state index in [0.29, 0.717) is 11.9 Å². The van der Waals surface area contributed by atoms with Gasteiger partial charge in [-0.1, -0.05) is 41.5 Å². The fourth-order valence-corrected chi connectivity index (χ4v) is 1.55. The highest BCUT2D eigenvalue weighted by Gasteiger charge is 2.07. The molecular formula is C14H10N3O. The Labute approximate surface area is 104 Å². The zero-order chi connectivity index (χ0) is 12.2. The summed E-state index contributed by atoms with van der Waals surface area (Å²) in [6, 6.07) is 20.6. The maximum Gasteiger partial charge on any atom is 0.320 e. The molecule has 0 spiro atoms. The van der Waals surface area contributed by atoms with Crippen molar-refractivity contribution in [3.8, 4) is 11.5 Å². The summed E-state index contributed by atoms with van der Waals surface area (Å²) in [5, 5.41) is 11.0. The molecular weight excluding hydrogens is 226 g/mol. The number of hydrogen-bond donors (Lipinski definition) is 1. The summed E-state index contributed by atoms with van der Waals surface area (Å²) in [6.45, 7) is 0. The standard InChI is InChI=1S/C14H10N3O/c1-3-7-11(8-4-1)13-16-17-14(18-13)15-12-9-5-2-6-10-12/h1-7,9-10H,(H,15,17). The second-order valence-corrected chi connectivity index (χ2v) is 3.68. The number of nitrogens with zero attached hydrogens (tertiary/aromatic N) is 2. The van der Waals surface area contributed by atoms with Crippen LogP contribution < -0.4 is 5.32 Å². The highest BCUT2D eigenvalue weighted by molar-refractivity contribution is 5.55. The van der Waals surface area contributed by atoms with Gasteiger partial charge in [-0.25, -0.2) is 0 Å². The largest absolute Gasteiger partial charge is 0.403 e. The van der Waals surface area contributed by atoms with E-state index in [0.717, 1.165) is 11.3 Å². The van der Waals surface area contributed by atoms with Crippen LogP contribution in [0.3, 0.4) is 0 Å². The third-order valence-electron chi connectivity index (χ3n) is 2.39. The summed E-state index contributed by atoms with van der Waals surface area (Å²) in [5.41, 5.74) is 1.69. The molecule has 3 aromatic rings. The molecule has 18 heavy (non-hydrogen) atoms. The molecule has 0 saturated heterocycles. The maximum atomic E-state index is 5.51.